The first kappa shape index (κ1) is 18.8. The number of benzene rings is 1. The van der Waals surface area contributed by atoms with Crippen LogP contribution in [0.4, 0.5) is 0 Å². The van der Waals surface area contributed by atoms with Crippen LogP contribution in [0.15, 0.2) is 12.1 Å². The van der Waals surface area contributed by atoms with Gasteiger partial charge in [0.15, 0.2) is 11.5 Å². The van der Waals surface area contributed by atoms with Crippen LogP contribution in [0.1, 0.15) is 32.3 Å². The highest BCUT2D eigenvalue weighted by Crippen LogP contribution is 2.37. The number of hydrogen-bond donors (Lipinski definition) is 0. The van der Waals surface area contributed by atoms with Crippen LogP contribution in [0, 0.1) is 0 Å². The summed E-state index contributed by atoms with van der Waals surface area (Å²) < 4.78 is 23.1. The molecule has 2 saturated heterocycles. The van der Waals surface area contributed by atoms with E-state index < -0.39 is 0 Å². The average molecular weight is 370 g/mol. The number of ether oxygens (including phenoxy) is 4. The summed E-state index contributed by atoms with van der Waals surface area (Å²) in [4.78, 5) is 2.41. The lowest BCUT2D eigenvalue weighted by Crippen LogP contribution is -2.51. The smallest absolute Gasteiger partial charge is 0.179 e. The summed E-state index contributed by atoms with van der Waals surface area (Å²) in [7, 11) is 0. The molecule has 2 fully saturated rings. The van der Waals surface area contributed by atoms with Crippen molar-refractivity contribution in [2.75, 3.05) is 46.1 Å². The Kier molecular flexibility index (Phi) is 6.44. The van der Waals surface area contributed by atoms with Crippen LogP contribution >= 0.6 is 11.6 Å². The van der Waals surface area contributed by atoms with E-state index >= 15 is 0 Å². The van der Waals surface area contributed by atoms with Gasteiger partial charge in [0.25, 0.3) is 0 Å². The molecule has 1 atom stereocenters. The molecule has 0 amide bonds. The van der Waals surface area contributed by atoms with E-state index in [9.17, 15) is 0 Å². The molecule has 3 rings (SSSR count). The molecule has 5 nitrogen and oxygen atoms in total. The summed E-state index contributed by atoms with van der Waals surface area (Å²) in [5.74, 6) is 1.38. The van der Waals surface area contributed by atoms with Crippen molar-refractivity contribution in [2.45, 2.75) is 38.8 Å². The molecule has 2 aliphatic rings. The normalized spacial score (nSPS) is 24.0. The summed E-state index contributed by atoms with van der Waals surface area (Å²) >= 11 is 6.48. The van der Waals surface area contributed by atoms with Gasteiger partial charge >= 0.3 is 0 Å². The fourth-order valence-electron chi connectivity index (χ4n) is 3.46. The lowest BCUT2D eigenvalue weighted by atomic mass is 10.0. The van der Waals surface area contributed by atoms with Crippen molar-refractivity contribution in [3.05, 3.63) is 22.7 Å². The number of halogens is 1. The van der Waals surface area contributed by atoms with Crippen molar-refractivity contribution in [1.82, 2.24) is 4.90 Å². The van der Waals surface area contributed by atoms with E-state index in [1.54, 1.807) is 0 Å². The summed E-state index contributed by atoms with van der Waals surface area (Å²) in [5, 5.41) is 0.613. The van der Waals surface area contributed by atoms with E-state index in [-0.39, 0.29) is 5.60 Å². The van der Waals surface area contributed by atoms with Gasteiger partial charge in [-0.1, -0.05) is 18.5 Å². The third-order valence-corrected chi connectivity index (χ3v) is 4.90. The molecule has 0 N–H and O–H groups in total. The first-order chi connectivity index (χ1) is 12.2. The summed E-state index contributed by atoms with van der Waals surface area (Å²) in [5.41, 5.74) is 1.00. The van der Waals surface area contributed by atoms with Gasteiger partial charge in [0.1, 0.15) is 5.60 Å². The maximum atomic E-state index is 6.48. The Labute approximate surface area is 155 Å². The van der Waals surface area contributed by atoms with E-state index in [4.69, 9.17) is 30.5 Å². The minimum atomic E-state index is -0.130. The molecule has 0 aliphatic carbocycles. The van der Waals surface area contributed by atoms with Gasteiger partial charge in [-0.3, -0.25) is 4.90 Å². The van der Waals surface area contributed by atoms with Gasteiger partial charge in [-0.15, -0.1) is 0 Å². The zero-order valence-electron chi connectivity index (χ0n) is 15.2. The number of rotatable bonds is 7. The predicted molar refractivity (Wildman–Crippen MR) is 97.8 cm³/mol. The van der Waals surface area contributed by atoms with Gasteiger partial charge in [-0.2, -0.15) is 0 Å². The minimum Gasteiger partial charge on any atom is -0.490 e. The molecule has 1 aromatic rings. The van der Waals surface area contributed by atoms with Crippen LogP contribution in [-0.4, -0.2) is 56.6 Å². The molecule has 25 heavy (non-hydrogen) atoms. The quantitative estimate of drug-likeness (QED) is 0.735. The van der Waals surface area contributed by atoms with Crippen LogP contribution in [0.2, 0.25) is 5.02 Å². The Bertz CT molecular complexity index is 575. The van der Waals surface area contributed by atoms with Crippen molar-refractivity contribution in [3.63, 3.8) is 0 Å². The van der Waals surface area contributed by atoms with Gasteiger partial charge in [0.05, 0.1) is 31.5 Å². The third kappa shape index (κ3) is 4.59. The standard InChI is InChI=1S/C19H28ClNO4/c1-3-7-24-18-16(20)10-15(11-17(18)23-4-2)12-21-6-9-25-19(13-21)5-8-22-14-19/h10-11H,3-9,12-14H2,1-2H3. The van der Waals surface area contributed by atoms with Crippen LogP contribution in [0.5, 0.6) is 11.5 Å². The molecule has 0 bridgehead atoms. The zero-order chi connectivity index (χ0) is 17.7. The highest BCUT2D eigenvalue weighted by molar-refractivity contribution is 6.32. The zero-order valence-corrected chi connectivity index (χ0v) is 15.9. The molecule has 0 saturated carbocycles. The summed E-state index contributed by atoms with van der Waals surface area (Å²) in [6.45, 7) is 10.1. The molecular formula is C19H28ClNO4. The molecule has 0 radical (unpaired) electrons. The Morgan fingerprint density at radius 2 is 2.12 bits per heavy atom. The topological polar surface area (TPSA) is 40.2 Å². The van der Waals surface area contributed by atoms with Crippen molar-refractivity contribution < 1.29 is 18.9 Å². The van der Waals surface area contributed by atoms with E-state index in [2.05, 4.69) is 11.8 Å². The second kappa shape index (κ2) is 8.58. The van der Waals surface area contributed by atoms with E-state index in [1.807, 2.05) is 19.1 Å². The summed E-state index contributed by atoms with van der Waals surface area (Å²) in [6.07, 6.45) is 1.90. The molecule has 2 aliphatic heterocycles. The second-order valence-electron chi connectivity index (χ2n) is 6.73. The lowest BCUT2D eigenvalue weighted by Gasteiger charge is -2.39. The Morgan fingerprint density at radius 1 is 1.24 bits per heavy atom. The van der Waals surface area contributed by atoms with Crippen LogP contribution < -0.4 is 9.47 Å². The van der Waals surface area contributed by atoms with Gasteiger partial charge < -0.3 is 18.9 Å². The van der Waals surface area contributed by atoms with Gasteiger partial charge in [0.2, 0.25) is 0 Å². The molecule has 1 spiro atoms. The lowest BCUT2D eigenvalue weighted by molar-refractivity contribution is -0.111. The van der Waals surface area contributed by atoms with Crippen molar-refractivity contribution in [3.8, 4) is 11.5 Å². The van der Waals surface area contributed by atoms with Crippen LogP contribution in [0.25, 0.3) is 0 Å². The van der Waals surface area contributed by atoms with Gasteiger partial charge in [-0.25, -0.2) is 0 Å². The second-order valence-corrected chi connectivity index (χ2v) is 7.14. The number of hydrogen-bond acceptors (Lipinski definition) is 5. The minimum absolute atomic E-state index is 0.130. The molecule has 1 unspecified atom stereocenters. The average Bonchev–Trinajstić information content (AvgIpc) is 3.02. The fraction of sp³-hybridized carbons (Fsp3) is 0.684. The van der Waals surface area contributed by atoms with Crippen molar-refractivity contribution in [1.29, 1.82) is 0 Å². The molecule has 0 aromatic heterocycles. The van der Waals surface area contributed by atoms with Crippen LogP contribution in [-0.2, 0) is 16.0 Å². The largest absolute Gasteiger partial charge is 0.490 e. The van der Waals surface area contributed by atoms with Crippen molar-refractivity contribution in [2.24, 2.45) is 0 Å². The highest BCUT2D eigenvalue weighted by Gasteiger charge is 2.40. The Hall–Kier alpha value is -1.01. The Morgan fingerprint density at radius 3 is 2.84 bits per heavy atom. The van der Waals surface area contributed by atoms with Gasteiger partial charge in [0, 0.05) is 32.7 Å². The van der Waals surface area contributed by atoms with Gasteiger partial charge in [-0.05, 0) is 31.0 Å². The van der Waals surface area contributed by atoms with Crippen molar-refractivity contribution >= 4 is 11.6 Å². The predicted octanol–water partition coefficient (Wildman–Crippen LogP) is 3.52. The summed E-state index contributed by atoms with van der Waals surface area (Å²) in [6, 6.07) is 4.04. The third-order valence-electron chi connectivity index (χ3n) is 4.62. The maximum Gasteiger partial charge on any atom is 0.179 e. The SMILES string of the molecule is CCCOc1c(Cl)cc(CN2CCOC3(CCOC3)C2)cc1OCC. The number of morpholine rings is 1. The highest BCUT2D eigenvalue weighted by atomic mass is 35.5. The first-order valence-electron chi connectivity index (χ1n) is 9.18. The fourth-order valence-corrected chi connectivity index (χ4v) is 3.75. The maximum absolute atomic E-state index is 6.48. The molecule has 140 valence electrons. The monoisotopic (exact) mass is 369 g/mol. The van der Waals surface area contributed by atoms with Crippen LogP contribution in [0.3, 0.4) is 0 Å². The molecule has 6 heteroatoms. The molecular weight excluding hydrogens is 342 g/mol. The number of nitrogens with zero attached hydrogens (tertiary/aromatic N) is 1. The van der Waals surface area contributed by atoms with E-state index in [0.717, 1.165) is 57.0 Å². The van der Waals surface area contributed by atoms with E-state index in [1.165, 1.54) is 0 Å². The first-order valence-corrected chi connectivity index (χ1v) is 9.55. The molecule has 1 aromatic carbocycles. The Balaban J connectivity index is 1.73. The molecule has 2 heterocycles. The van der Waals surface area contributed by atoms with E-state index in [0.29, 0.717) is 30.6 Å².